The first-order valence-corrected chi connectivity index (χ1v) is 7.04. The van der Waals surface area contributed by atoms with E-state index in [1.807, 2.05) is 0 Å². The predicted molar refractivity (Wildman–Crippen MR) is 76.4 cm³/mol. The summed E-state index contributed by atoms with van der Waals surface area (Å²) in [5.41, 5.74) is 1.03. The molecule has 0 amide bonds. The van der Waals surface area contributed by atoms with Crippen LogP contribution in [0.4, 0.5) is 4.39 Å². The Labute approximate surface area is 115 Å². The van der Waals surface area contributed by atoms with E-state index in [2.05, 4.69) is 26.1 Å². The van der Waals surface area contributed by atoms with Crippen LogP contribution < -0.4 is 5.32 Å². The maximum Gasteiger partial charge on any atom is 0.141 e. The van der Waals surface area contributed by atoms with Crippen molar-refractivity contribution in [1.82, 2.24) is 5.32 Å². The Morgan fingerprint density at radius 2 is 1.94 bits per heavy atom. The van der Waals surface area contributed by atoms with E-state index < -0.39 is 0 Å². The first kappa shape index (κ1) is 15.5. The van der Waals surface area contributed by atoms with Crippen LogP contribution in [0.1, 0.15) is 45.6 Å². The molecule has 1 aromatic rings. The smallest absolute Gasteiger partial charge is 0.141 e. The molecular weight excluding hydrogens is 249 g/mol. The standard InChI is InChI=1S/C15H23ClFN/c1-11(2)5-4-6-12(3)18-10-13-7-8-15(17)14(16)9-13/h7-9,11-12,18H,4-6,10H2,1-3H3. The van der Waals surface area contributed by atoms with Crippen molar-refractivity contribution in [1.29, 1.82) is 0 Å². The molecule has 0 heterocycles. The van der Waals surface area contributed by atoms with Crippen molar-refractivity contribution in [2.45, 2.75) is 52.6 Å². The Balaban J connectivity index is 2.29. The summed E-state index contributed by atoms with van der Waals surface area (Å²) < 4.78 is 13.0. The van der Waals surface area contributed by atoms with Crippen LogP contribution in [0.3, 0.4) is 0 Å². The molecule has 0 aliphatic rings. The fourth-order valence-corrected chi connectivity index (χ4v) is 2.08. The molecule has 0 aromatic heterocycles. The zero-order valence-electron chi connectivity index (χ0n) is 11.5. The molecule has 1 atom stereocenters. The van der Waals surface area contributed by atoms with Crippen LogP contribution in [0, 0.1) is 11.7 Å². The molecule has 1 N–H and O–H groups in total. The third-order valence-electron chi connectivity index (χ3n) is 3.06. The molecule has 1 rings (SSSR count). The summed E-state index contributed by atoms with van der Waals surface area (Å²) in [6, 6.07) is 5.36. The number of hydrogen-bond acceptors (Lipinski definition) is 1. The van der Waals surface area contributed by atoms with Crippen molar-refractivity contribution in [2.24, 2.45) is 5.92 Å². The van der Waals surface area contributed by atoms with Gasteiger partial charge in [-0.25, -0.2) is 4.39 Å². The van der Waals surface area contributed by atoms with Gasteiger partial charge in [0.25, 0.3) is 0 Å². The zero-order chi connectivity index (χ0) is 13.5. The molecule has 0 aliphatic heterocycles. The molecular formula is C15H23ClFN. The Hall–Kier alpha value is -0.600. The summed E-state index contributed by atoms with van der Waals surface area (Å²) in [4.78, 5) is 0. The third kappa shape index (κ3) is 5.83. The fraction of sp³-hybridized carbons (Fsp3) is 0.600. The topological polar surface area (TPSA) is 12.0 Å². The Bertz CT molecular complexity index is 366. The van der Waals surface area contributed by atoms with E-state index in [0.717, 1.165) is 18.0 Å². The van der Waals surface area contributed by atoms with E-state index in [-0.39, 0.29) is 10.8 Å². The molecule has 0 spiro atoms. The molecule has 3 heteroatoms. The highest BCUT2D eigenvalue weighted by Gasteiger charge is 2.04. The minimum absolute atomic E-state index is 0.196. The van der Waals surface area contributed by atoms with E-state index >= 15 is 0 Å². The fourth-order valence-electron chi connectivity index (χ4n) is 1.88. The average molecular weight is 272 g/mol. The van der Waals surface area contributed by atoms with Crippen molar-refractivity contribution >= 4 is 11.6 Å². The van der Waals surface area contributed by atoms with Crippen LogP contribution in [-0.4, -0.2) is 6.04 Å². The van der Waals surface area contributed by atoms with Crippen LogP contribution in [0.5, 0.6) is 0 Å². The number of halogens is 2. The SMILES string of the molecule is CC(C)CCCC(C)NCc1ccc(F)c(Cl)c1. The van der Waals surface area contributed by atoms with Crippen molar-refractivity contribution in [2.75, 3.05) is 0 Å². The second-order valence-corrected chi connectivity index (χ2v) is 5.76. The minimum Gasteiger partial charge on any atom is -0.310 e. The second-order valence-electron chi connectivity index (χ2n) is 5.36. The van der Waals surface area contributed by atoms with E-state index in [4.69, 9.17) is 11.6 Å². The van der Waals surface area contributed by atoms with Gasteiger partial charge < -0.3 is 5.32 Å². The molecule has 0 saturated carbocycles. The van der Waals surface area contributed by atoms with Gasteiger partial charge in [-0.2, -0.15) is 0 Å². The van der Waals surface area contributed by atoms with Crippen LogP contribution >= 0.6 is 11.6 Å². The van der Waals surface area contributed by atoms with Gasteiger partial charge in [-0.1, -0.05) is 44.4 Å². The number of hydrogen-bond donors (Lipinski definition) is 1. The lowest BCUT2D eigenvalue weighted by molar-refractivity contribution is 0.457. The van der Waals surface area contributed by atoms with Crippen molar-refractivity contribution < 1.29 is 4.39 Å². The summed E-state index contributed by atoms with van der Waals surface area (Å²) in [5, 5.41) is 3.63. The Morgan fingerprint density at radius 1 is 1.22 bits per heavy atom. The van der Waals surface area contributed by atoms with Crippen LogP contribution in [0.15, 0.2) is 18.2 Å². The predicted octanol–water partition coefficient (Wildman–Crippen LogP) is 4.78. The maximum absolute atomic E-state index is 13.0. The lowest BCUT2D eigenvalue weighted by atomic mass is 10.0. The van der Waals surface area contributed by atoms with Gasteiger partial charge in [-0.05, 0) is 37.0 Å². The van der Waals surface area contributed by atoms with Gasteiger partial charge in [0.2, 0.25) is 0 Å². The average Bonchev–Trinajstić information content (AvgIpc) is 2.30. The van der Waals surface area contributed by atoms with Crippen LogP contribution in [0.2, 0.25) is 5.02 Å². The van der Waals surface area contributed by atoms with E-state index in [1.54, 1.807) is 12.1 Å². The molecule has 0 saturated heterocycles. The summed E-state index contributed by atoms with van der Waals surface area (Å²) in [5.74, 6) is 0.415. The minimum atomic E-state index is -0.356. The first-order valence-electron chi connectivity index (χ1n) is 6.66. The lowest BCUT2D eigenvalue weighted by Crippen LogP contribution is -2.25. The quantitative estimate of drug-likeness (QED) is 0.752. The molecule has 102 valence electrons. The Morgan fingerprint density at radius 3 is 2.56 bits per heavy atom. The molecule has 18 heavy (non-hydrogen) atoms. The van der Waals surface area contributed by atoms with Gasteiger partial charge in [0.1, 0.15) is 5.82 Å². The van der Waals surface area contributed by atoms with Crippen LogP contribution in [0.25, 0.3) is 0 Å². The number of nitrogens with one attached hydrogen (secondary N) is 1. The Kier molecular flexibility index (Phi) is 6.66. The highest BCUT2D eigenvalue weighted by atomic mass is 35.5. The molecule has 0 bridgehead atoms. The first-order chi connectivity index (χ1) is 8.49. The van der Waals surface area contributed by atoms with E-state index in [1.165, 1.54) is 25.3 Å². The monoisotopic (exact) mass is 271 g/mol. The molecule has 1 aromatic carbocycles. The van der Waals surface area contributed by atoms with Crippen molar-refractivity contribution in [3.8, 4) is 0 Å². The molecule has 1 nitrogen and oxygen atoms in total. The highest BCUT2D eigenvalue weighted by Crippen LogP contribution is 2.16. The van der Waals surface area contributed by atoms with Gasteiger partial charge >= 0.3 is 0 Å². The van der Waals surface area contributed by atoms with Crippen molar-refractivity contribution in [3.63, 3.8) is 0 Å². The van der Waals surface area contributed by atoms with Crippen molar-refractivity contribution in [3.05, 3.63) is 34.6 Å². The van der Waals surface area contributed by atoms with Gasteiger partial charge in [0.05, 0.1) is 5.02 Å². The summed E-state index contributed by atoms with van der Waals surface area (Å²) >= 11 is 5.74. The van der Waals surface area contributed by atoms with E-state index in [9.17, 15) is 4.39 Å². The summed E-state index contributed by atoms with van der Waals surface area (Å²) in [6.07, 6.45) is 3.69. The van der Waals surface area contributed by atoms with Crippen LogP contribution in [-0.2, 0) is 6.54 Å². The lowest BCUT2D eigenvalue weighted by Gasteiger charge is -2.14. The molecule has 0 aliphatic carbocycles. The number of benzene rings is 1. The third-order valence-corrected chi connectivity index (χ3v) is 3.35. The zero-order valence-corrected chi connectivity index (χ0v) is 12.2. The van der Waals surface area contributed by atoms with E-state index in [0.29, 0.717) is 6.04 Å². The number of rotatable bonds is 7. The summed E-state index contributed by atoms with van der Waals surface area (Å²) in [7, 11) is 0. The van der Waals surface area contributed by atoms with Gasteiger partial charge in [0.15, 0.2) is 0 Å². The normalized spacial score (nSPS) is 13.0. The second kappa shape index (κ2) is 7.75. The maximum atomic E-state index is 13.0. The molecule has 0 fully saturated rings. The summed E-state index contributed by atoms with van der Waals surface area (Å²) in [6.45, 7) is 7.42. The molecule has 1 unspecified atom stereocenters. The largest absolute Gasteiger partial charge is 0.310 e. The highest BCUT2D eigenvalue weighted by molar-refractivity contribution is 6.30. The van der Waals surface area contributed by atoms with Gasteiger partial charge in [0, 0.05) is 12.6 Å². The molecule has 0 radical (unpaired) electrons. The van der Waals surface area contributed by atoms with Gasteiger partial charge in [-0.15, -0.1) is 0 Å². The van der Waals surface area contributed by atoms with Gasteiger partial charge in [-0.3, -0.25) is 0 Å².